The van der Waals surface area contributed by atoms with Crippen molar-refractivity contribution in [1.82, 2.24) is 14.7 Å². The first-order chi connectivity index (χ1) is 13.6. The van der Waals surface area contributed by atoms with Crippen LogP contribution in [0.4, 0.5) is 0 Å². The van der Waals surface area contributed by atoms with Crippen LogP contribution in [0.1, 0.15) is 29.8 Å². The maximum atomic E-state index is 12.5. The zero-order valence-corrected chi connectivity index (χ0v) is 16.8. The van der Waals surface area contributed by atoms with E-state index in [1.54, 1.807) is 4.90 Å². The van der Waals surface area contributed by atoms with E-state index in [1.807, 2.05) is 86.2 Å². The topological polar surface area (TPSA) is 47.4 Å². The number of hydrogen-bond acceptors (Lipinski definition) is 3. The van der Waals surface area contributed by atoms with Crippen LogP contribution >= 0.6 is 0 Å². The third kappa shape index (κ3) is 4.80. The summed E-state index contributed by atoms with van der Waals surface area (Å²) in [5.74, 6) is 0.950. The minimum absolute atomic E-state index is 0.114. The Balaban J connectivity index is 1.54. The molecular weight excluding hydrogens is 350 g/mol. The lowest BCUT2D eigenvalue weighted by molar-refractivity contribution is -0.130. The molecule has 0 fully saturated rings. The lowest BCUT2D eigenvalue weighted by atomic mass is 10.1. The van der Waals surface area contributed by atoms with Crippen molar-refractivity contribution < 1.29 is 9.53 Å². The molecule has 0 radical (unpaired) electrons. The Kier molecular flexibility index (Phi) is 6.48. The predicted molar refractivity (Wildman–Crippen MR) is 111 cm³/mol. The van der Waals surface area contributed by atoms with Gasteiger partial charge in [0.25, 0.3) is 0 Å². The summed E-state index contributed by atoms with van der Waals surface area (Å²) in [6, 6.07) is 19.7. The number of ether oxygens (including phenoxy) is 1. The molecule has 0 unspecified atom stereocenters. The van der Waals surface area contributed by atoms with Crippen LogP contribution in [0.5, 0.6) is 5.75 Å². The number of nitrogens with zero attached hydrogens (tertiary/aromatic N) is 3. The molecule has 0 aliphatic rings. The average molecular weight is 377 g/mol. The summed E-state index contributed by atoms with van der Waals surface area (Å²) < 4.78 is 7.60. The van der Waals surface area contributed by atoms with Crippen molar-refractivity contribution in [3.63, 3.8) is 0 Å². The van der Waals surface area contributed by atoms with Gasteiger partial charge in [0.1, 0.15) is 5.75 Å². The molecule has 0 aliphatic heterocycles. The van der Waals surface area contributed by atoms with E-state index in [0.29, 0.717) is 26.0 Å². The summed E-state index contributed by atoms with van der Waals surface area (Å²) in [6.07, 6.45) is 1.16. The van der Waals surface area contributed by atoms with Crippen molar-refractivity contribution in [2.24, 2.45) is 0 Å². The van der Waals surface area contributed by atoms with Gasteiger partial charge in [-0.1, -0.05) is 36.4 Å². The van der Waals surface area contributed by atoms with Crippen LogP contribution < -0.4 is 4.74 Å². The van der Waals surface area contributed by atoms with Gasteiger partial charge in [-0.2, -0.15) is 5.10 Å². The van der Waals surface area contributed by atoms with E-state index < -0.39 is 0 Å². The second-order valence-corrected chi connectivity index (χ2v) is 6.91. The van der Waals surface area contributed by atoms with Gasteiger partial charge in [-0.15, -0.1) is 0 Å². The number of aryl methyl sites for hydroxylation is 1. The number of amides is 1. The van der Waals surface area contributed by atoms with E-state index >= 15 is 0 Å². The molecular formula is C23H27N3O2. The van der Waals surface area contributed by atoms with E-state index in [0.717, 1.165) is 28.4 Å². The van der Waals surface area contributed by atoms with Gasteiger partial charge in [-0.05, 0) is 44.5 Å². The molecule has 0 bridgehead atoms. The molecule has 5 heteroatoms. The van der Waals surface area contributed by atoms with Gasteiger partial charge in [0.15, 0.2) is 0 Å². The van der Waals surface area contributed by atoms with E-state index in [2.05, 4.69) is 5.10 Å². The molecule has 5 nitrogen and oxygen atoms in total. The second kappa shape index (κ2) is 9.22. The molecule has 28 heavy (non-hydrogen) atoms. The van der Waals surface area contributed by atoms with Crippen LogP contribution in [0.15, 0.2) is 60.7 Å². The van der Waals surface area contributed by atoms with Crippen molar-refractivity contribution in [3.8, 4) is 11.4 Å². The molecule has 2 aromatic carbocycles. The van der Waals surface area contributed by atoms with E-state index in [-0.39, 0.29) is 5.91 Å². The fourth-order valence-electron chi connectivity index (χ4n) is 3.17. The maximum Gasteiger partial charge on any atom is 0.222 e. The smallest absolute Gasteiger partial charge is 0.222 e. The Morgan fingerprint density at radius 2 is 1.68 bits per heavy atom. The quantitative estimate of drug-likeness (QED) is 0.550. The highest BCUT2D eigenvalue weighted by atomic mass is 16.5. The first-order valence-corrected chi connectivity index (χ1v) is 9.58. The number of aromatic nitrogens is 2. The number of hydrogen-bond donors (Lipinski definition) is 0. The van der Waals surface area contributed by atoms with Crippen LogP contribution in [0.25, 0.3) is 5.69 Å². The third-order valence-electron chi connectivity index (χ3n) is 4.81. The van der Waals surface area contributed by atoms with Crippen molar-refractivity contribution in [2.45, 2.75) is 33.2 Å². The second-order valence-electron chi connectivity index (χ2n) is 6.91. The van der Waals surface area contributed by atoms with Gasteiger partial charge in [-0.3, -0.25) is 4.79 Å². The van der Waals surface area contributed by atoms with Gasteiger partial charge in [-0.25, -0.2) is 4.68 Å². The molecule has 0 N–H and O–H groups in total. The monoisotopic (exact) mass is 377 g/mol. The molecule has 1 heterocycles. The van der Waals surface area contributed by atoms with Crippen LogP contribution in [0, 0.1) is 13.8 Å². The first kappa shape index (κ1) is 19.7. The summed E-state index contributed by atoms with van der Waals surface area (Å²) in [6.45, 7) is 5.14. The third-order valence-corrected chi connectivity index (χ3v) is 4.81. The lowest BCUT2D eigenvalue weighted by Gasteiger charge is -2.18. The lowest BCUT2D eigenvalue weighted by Crippen LogP contribution is -2.26. The van der Waals surface area contributed by atoms with Crippen LogP contribution in [-0.2, 0) is 11.3 Å². The predicted octanol–water partition coefficient (Wildman–Crippen LogP) is 4.31. The molecule has 146 valence electrons. The summed E-state index contributed by atoms with van der Waals surface area (Å²) in [5.41, 5.74) is 4.14. The van der Waals surface area contributed by atoms with Gasteiger partial charge in [0, 0.05) is 31.3 Å². The zero-order chi connectivity index (χ0) is 19.9. The minimum Gasteiger partial charge on any atom is -0.494 e. The van der Waals surface area contributed by atoms with Gasteiger partial charge in [0.2, 0.25) is 5.91 Å². The van der Waals surface area contributed by atoms with Crippen molar-refractivity contribution in [1.29, 1.82) is 0 Å². The van der Waals surface area contributed by atoms with Crippen molar-refractivity contribution in [3.05, 3.63) is 77.6 Å². The zero-order valence-electron chi connectivity index (χ0n) is 16.8. The Hall–Kier alpha value is -3.08. The number of carbonyl (C=O) groups excluding carboxylic acids is 1. The average Bonchev–Trinajstić information content (AvgIpc) is 3.00. The van der Waals surface area contributed by atoms with E-state index in [4.69, 9.17) is 4.74 Å². The standard InChI is InChI=1S/C23H27N3O2/c1-18-22(19(2)26(24-18)20-11-6-4-7-12-20)17-25(3)23(27)15-10-16-28-21-13-8-5-9-14-21/h4-9,11-14H,10,15-17H2,1-3H3. The van der Waals surface area contributed by atoms with Gasteiger partial charge < -0.3 is 9.64 Å². The number of benzene rings is 2. The molecule has 0 atom stereocenters. The Morgan fingerprint density at radius 1 is 1.04 bits per heavy atom. The summed E-state index contributed by atoms with van der Waals surface area (Å²) >= 11 is 0. The fraction of sp³-hybridized carbons (Fsp3) is 0.304. The summed E-state index contributed by atoms with van der Waals surface area (Å²) in [5, 5.41) is 4.66. The normalized spacial score (nSPS) is 10.7. The van der Waals surface area contributed by atoms with E-state index in [1.165, 1.54) is 0 Å². The maximum absolute atomic E-state index is 12.5. The minimum atomic E-state index is 0.114. The van der Waals surface area contributed by atoms with Crippen LogP contribution in [-0.4, -0.2) is 34.2 Å². The highest BCUT2D eigenvalue weighted by Gasteiger charge is 2.17. The molecule has 0 aliphatic carbocycles. The van der Waals surface area contributed by atoms with Gasteiger partial charge >= 0.3 is 0 Å². The highest BCUT2D eigenvalue weighted by molar-refractivity contribution is 5.75. The van der Waals surface area contributed by atoms with Crippen LogP contribution in [0.2, 0.25) is 0 Å². The summed E-state index contributed by atoms with van der Waals surface area (Å²) in [4.78, 5) is 14.3. The number of para-hydroxylation sites is 2. The largest absolute Gasteiger partial charge is 0.494 e. The van der Waals surface area contributed by atoms with Crippen molar-refractivity contribution >= 4 is 5.91 Å². The Labute approximate surface area is 166 Å². The molecule has 3 rings (SSSR count). The fourth-order valence-corrected chi connectivity index (χ4v) is 3.17. The van der Waals surface area contributed by atoms with Gasteiger partial charge in [0.05, 0.1) is 18.0 Å². The molecule has 1 amide bonds. The first-order valence-electron chi connectivity index (χ1n) is 9.58. The molecule has 1 aromatic heterocycles. The molecule has 0 saturated carbocycles. The SMILES string of the molecule is Cc1nn(-c2ccccc2)c(C)c1CN(C)C(=O)CCCOc1ccccc1. The van der Waals surface area contributed by atoms with Crippen molar-refractivity contribution in [2.75, 3.05) is 13.7 Å². The molecule has 3 aromatic rings. The highest BCUT2D eigenvalue weighted by Crippen LogP contribution is 2.19. The van der Waals surface area contributed by atoms with Crippen LogP contribution in [0.3, 0.4) is 0 Å². The summed E-state index contributed by atoms with van der Waals surface area (Å²) in [7, 11) is 1.85. The molecule has 0 spiro atoms. The van der Waals surface area contributed by atoms with E-state index in [9.17, 15) is 4.79 Å². The number of carbonyl (C=O) groups is 1. The number of rotatable bonds is 8. The Morgan fingerprint density at radius 3 is 2.36 bits per heavy atom. The molecule has 0 saturated heterocycles. The Bertz CT molecular complexity index is 904.